The van der Waals surface area contributed by atoms with E-state index in [4.69, 9.17) is 5.73 Å². The minimum Gasteiger partial charge on any atom is -0.328 e. The van der Waals surface area contributed by atoms with Crippen LogP contribution >= 0.6 is 0 Å². The van der Waals surface area contributed by atoms with Gasteiger partial charge in [0.15, 0.2) is 0 Å². The summed E-state index contributed by atoms with van der Waals surface area (Å²) in [4.78, 5) is 2.43. The molecule has 3 nitrogen and oxygen atoms in total. The fourth-order valence-electron chi connectivity index (χ4n) is 2.80. The molecule has 1 saturated carbocycles. The maximum atomic E-state index is 5.91. The van der Waals surface area contributed by atoms with E-state index in [0.29, 0.717) is 12.1 Å². The van der Waals surface area contributed by atoms with E-state index in [-0.39, 0.29) is 0 Å². The molecule has 15 heavy (non-hydrogen) atoms. The van der Waals surface area contributed by atoms with Crippen molar-refractivity contribution in [2.24, 2.45) is 11.7 Å². The van der Waals surface area contributed by atoms with Gasteiger partial charge in [0.05, 0.1) is 0 Å². The molecule has 2 atom stereocenters. The summed E-state index contributed by atoms with van der Waals surface area (Å²) in [6.07, 6.45) is 6.41. The summed E-state index contributed by atoms with van der Waals surface area (Å²) in [6.45, 7) is 3.76. The van der Waals surface area contributed by atoms with Crippen LogP contribution in [-0.2, 0) is 0 Å². The third kappa shape index (κ3) is 3.44. The highest BCUT2D eigenvalue weighted by Crippen LogP contribution is 2.19. The molecule has 2 fully saturated rings. The number of rotatable bonds is 3. The molecule has 2 unspecified atom stereocenters. The van der Waals surface area contributed by atoms with Crippen LogP contribution in [0.4, 0.5) is 0 Å². The molecule has 1 saturated heterocycles. The molecule has 0 aromatic rings. The van der Waals surface area contributed by atoms with Gasteiger partial charge in [-0.05, 0) is 64.7 Å². The molecular formula is C12H25N3. The lowest BCUT2D eigenvalue weighted by Gasteiger charge is -2.29. The Morgan fingerprint density at radius 2 is 1.93 bits per heavy atom. The Balaban J connectivity index is 1.61. The van der Waals surface area contributed by atoms with Gasteiger partial charge in [-0.1, -0.05) is 0 Å². The highest BCUT2D eigenvalue weighted by Gasteiger charge is 2.23. The van der Waals surface area contributed by atoms with Crippen molar-refractivity contribution >= 4 is 0 Å². The number of hydrogen-bond acceptors (Lipinski definition) is 3. The standard InChI is InChI=1S/C12H25N3/c1-15-6-4-10(5-7-15)9-14-12-3-2-11(13)8-12/h10-12,14H,2-9,13H2,1H3. The SMILES string of the molecule is CN1CCC(CNC2CCC(N)C2)CC1. The van der Waals surface area contributed by atoms with Crippen LogP contribution < -0.4 is 11.1 Å². The summed E-state index contributed by atoms with van der Waals surface area (Å²) in [7, 11) is 2.22. The zero-order valence-electron chi connectivity index (χ0n) is 9.91. The first-order valence-corrected chi connectivity index (χ1v) is 6.41. The van der Waals surface area contributed by atoms with E-state index in [1.807, 2.05) is 0 Å². The van der Waals surface area contributed by atoms with Crippen molar-refractivity contribution in [2.75, 3.05) is 26.7 Å². The van der Waals surface area contributed by atoms with Gasteiger partial charge in [-0.2, -0.15) is 0 Å². The quantitative estimate of drug-likeness (QED) is 0.725. The van der Waals surface area contributed by atoms with E-state index in [2.05, 4.69) is 17.3 Å². The van der Waals surface area contributed by atoms with Crippen molar-refractivity contribution in [3.05, 3.63) is 0 Å². The fraction of sp³-hybridized carbons (Fsp3) is 1.00. The van der Waals surface area contributed by atoms with Crippen LogP contribution in [-0.4, -0.2) is 43.7 Å². The first-order valence-electron chi connectivity index (χ1n) is 6.41. The number of nitrogens with two attached hydrogens (primary N) is 1. The number of piperidine rings is 1. The molecule has 88 valence electrons. The molecule has 0 spiro atoms. The zero-order valence-corrected chi connectivity index (χ0v) is 9.91. The van der Waals surface area contributed by atoms with Gasteiger partial charge in [-0.25, -0.2) is 0 Å². The lowest BCUT2D eigenvalue weighted by molar-refractivity contribution is 0.212. The van der Waals surface area contributed by atoms with Crippen LogP contribution in [0.1, 0.15) is 32.1 Å². The molecular weight excluding hydrogens is 186 g/mol. The first-order chi connectivity index (χ1) is 7.24. The molecule has 2 rings (SSSR count). The average Bonchev–Trinajstić information content (AvgIpc) is 2.64. The Labute approximate surface area is 93.4 Å². The van der Waals surface area contributed by atoms with Crippen LogP contribution in [0.3, 0.4) is 0 Å². The van der Waals surface area contributed by atoms with Crippen LogP contribution in [0.25, 0.3) is 0 Å². The van der Waals surface area contributed by atoms with Crippen LogP contribution in [0.5, 0.6) is 0 Å². The second-order valence-electron chi connectivity index (χ2n) is 5.42. The topological polar surface area (TPSA) is 41.3 Å². The molecule has 0 radical (unpaired) electrons. The summed E-state index contributed by atoms with van der Waals surface area (Å²) < 4.78 is 0. The zero-order chi connectivity index (χ0) is 10.7. The normalized spacial score (nSPS) is 34.8. The van der Waals surface area contributed by atoms with Gasteiger partial charge < -0.3 is 16.0 Å². The van der Waals surface area contributed by atoms with Gasteiger partial charge in [0, 0.05) is 12.1 Å². The summed E-state index contributed by atoms with van der Waals surface area (Å²) in [6, 6.07) is 1.17. The third-order valence-corrected chi connectivity index (χ3v) is 4.01. The van der Waals surface area contributed by atoms with Crippen molar-refractivity contribution in [3.63, 3.8) is 0 Å². The Kier molecular flexibility index (Phi) is 4.00. The minimum absolute atomic E-state index is 0.458. The van der Waals surface area contributed by atoms with E-state index < -0.39 is 0 Å². The van der Waals surface area contributed by atoms with Gasteiger partial charge in [-0.15, -0.1) is 0 Å². The van der Waals surface area contributed by atoms with Crippen molar-refractivity contribution < 1.29 is 0 Å². The Bertz CT molecular complexity index is 187. The minimum atomic E-state index is 0.458. The van der Waals surface area contributed by atoms with Crippen LogP contribution in [0.15, 0.2) is 0 Å². The van der Waals surface area contributed by atoms with E-state index >= 15 is 0 Å². The first kappa shape index (κ1) is 11.4. The van der Waals surface area contributed by atoms with E-state index in [1.54, 1.807) is 0 Å². The lowest BCUT2D eigenvalue weighted by atomic mass is 9.97. The highest BCUT2D eigenvalue weighted by molar-refractivity contribution is 4.83. The van der Waals surface area contributed by atoms with E-state index in [9.17, 15) is 0 Å². The molecule has 0 aromatic carbocycles. The smallest absolute Gasteiger partial charge is 0.00824 e. The summed E-state index contributed by atoms with van der Waals surface area (Å²) in [5.74, 6) is 0.901. The van der Waals surface area contributed by atoms with Crippen molar-refractivity contribution in [1.29, 1.82) is 0 Å². The predicted octanol–water partition coefficient (Wildman–Crippen LogP) is 0.798. The molecule has 3 heteroatoms. The predicted molar refractivity (Wildman–Crippen MR) is 63.8 cm³/mol. The number of nitrogens with one attached hydrogen (secondary N) is 1. The molecule has 3 N–H and O–H groups in total. The largest absolute Gasteiger partial charge is 0.328 e. The van der Waals surface area contributed by atoms with E-state index in [0.717, 1.165) is 5.92 Å². The van der Waals surface area contributed by atoms with Crippen LogP contribution in [0.2, 0.25) is 0 Å². The molecule has 0 amide bonds. The van der Waals surface area contributed by atoms with Crippen molar-refractivity contribution in [3.8, 4) is 0 Å². The number of nitrogens with zero attached hydrogens (tertiary/aromatic N) is 1. The maximum absolute atomic E-state index is 5.91. The number of hydrogen-bond donors (Lipinski definition) is 2. The van der Waals surface area contributed by atoms with Gasteiger partial charge >= 0.3 is 0 Å². The highest BCUT2D eigenvalue weighted by atomic mass is 15.1. The van der Waals surface area contributed by atoms with Gasteiger partial charge in [0.1, 0.15) is 0 Å². The summed E-state index contributed by atoms with van der Waals surface area (Å²) >= 11 is 0. The second-order valence-corrected chi connectivity index (χ2v) is 5.42. The average molecular weight is 211 g/mol. The number of likely N-dealkylation sites (tertiary alicyclic amines) is 1. The molecule has 1 aliphatic carbocycles. The maximum Gasteiger partial charge on any atom is 0.00824 e. The van der Waals surface area contributed by atoms with Crippen molar-refractivity contribution in [1.82, 2.24) is 10.2 Å². The second kappa shape index (κ2) is 5.28. The Morgan fingerprint density at radius 1 is 1.20 bits per heavy atom. The van der Waals surface area contributed by atoms with Crippen molar-refractivity contribution in [2.45, 2.75) is 44.2 Å². The summed E-state index contributed by atoms with van der Waals surface area (Å²) in [5.41, 5.74) is 5.91. The Morgan fingerprint density at radius 3 is 2.53 bits per heavy atom. The molecule has 1 heterocycles. The van der Waals surface area contributed by atoms with E-state index in [1.165, 1.54) is 51.7 Å². The van der Waals surface area contributed by atoms with Gasteiger partial charge in [0.25, 0.3) is 0 Å². The molecule has 1 aliphatic heterocycles. The fourth-order valence-corrected chi connectivity index (χ4v) is 2.80. The Hall–Kier alpha value is -0.120. The summed E-state index contributed by atoms with van der Waals surface area (Å²) in [5, 5.41) is 3.70. The lowest BCUT2D eigenvalue weighted by Crippen LogP contribution is -2.38. The van der Waals surface area contributed by atoms with Crippen LogP contribution in [0, 0.1) is 5.92 Å². The molecule has 2 aliphatic rings. The van der Waals surface area contributed by atoms with Gasteiger partial charge in [-0.3, -0.25) is 0 Å². The van der Waals surface area contributed by atoms with Gasteiger partial charge in [0.2, 0.25) is 0 Å². The molecule has 0 aromatic heterocycles. The third-order valence-electron chi connectivity index (χ3n) is 4.01. The monoisotopic (exact) mass is 211 g/mol. The molecule has 0 bridgehead atoms.